The number of carbonyl (C=O) groups is 2. The van der Waals surface area contributed by atoms with E-state index in [0.29, 0.717) is 16.0 Å². The van der Waals surface area contributed by atoms with E-state index in [1.54, 1.807) is 12.1 Å². The topological polar surface area (TPSA) is 96.0 Å². The number of rotatable bonds is 7. The zero-order chi connectivity index (χ0) is 19.1. The molecule has 3 amide bonds. The number of anilines is 1. The summed E-state index contributed by atoms with van der Waals surface area (Å²) in [6.45, 7) is 0.501. The highest BCUT2D eigenvalue weighted by Crippen LogP contribution is 2.25. The van der Waals surface area contributed by atoms with E-state index in [2.05, 4.69) is 26.1 Å². The van der Waals surface area contributed by atoms with E-state index in [1.807, 2.05) is 0 Å². The number of halogens is 1. The second-order valence-electron chi connectivity index (χ2n) is 6.14. The molecule has 0 bridgehead atoms. The van der Waals surface area contributed by atoms with Crippen LogP contribution in [0.5, 0.6) is 0 Å². The first-order chi connectivity index (χ1) is 13.1. The Kier molecular flexibility index (Phi) is 6.99. The first-order valence-electron chi connectivity index (χ1n) is 8.63. The van der Waals surface area contributed by atoms with Crippen molar-refractivity contribution in [2.45, 2.75) is 42.6 Å². The van der Waals surface area contributed by atoms with E-state index in [4.69, 9.17) is 0 Å². The number of hydrogen-bond acceptors (Lipinski definition) is 7. The molecule has 0 spiro atoms. The first-order valence-corrected chi connectivity index (χ1v) is 10.4. The maximum Gasteiger partial charge on any atom is 0.321 e. The highest BCUT2D eigenvalue weighted by atomic mass is 32.2. The predicted molar refractivity (Wildman–Crippen MR) is 103 cm³/mol. The summed E-state index contributed by atoms with van der Waals surface area (Å²) in [4.78, 5) is 23.6. The van der Waals surface area contributed by atoms with Crippen LogP contribution in [0.4, 0.5) is 14.3 Å². The number of urea groups is 1. The van der Waals surface area contributed by atoms with Gasteiger partial charge in [-0.15, -0.1) is 10.2 Å². The third-order valence-electron chi connectivity index (χ3n) is 4.03. The smallest absolute Gasteiger partial charge is 0.321 e. The van der Waals surface area contributed by atoms with Gasteiger partial charge in [-0.25, -0.2) is 9.18 Å². The van der Waals surface area contributed by atoms with Crippen LogP contribution in [0.15, 0.2) is 28.6 Å². The van der Waals surface area contributed by atoms with Crippen molar-refractivity contribution in [3.05, 3.63) is 35.6 Å². The van der Waals surface area contributed by atoms with Gasteiger partial charge in [-0.1, -0.05) is 48.1 Å². The molecule has 2 aromatic rings. The van der Waals surface area contributed by atoms with Gasteiger partial charge in [0, 0.05) is 12.6 Å². The normalized spacial score (nSPS) is 14.1. The first kappa shape index (κ1) is 19.6. The minimum Gasteiger partial charge on any atom is -0.356 e. The van der Waals surface area contributed by atoms with Crippen molar-refractivity contribution < 1.29 is 14.0 Å². The van der Waals surface area contributed by atoms with Gasteiger partial charge >= 0.3 is 6.03 Å². The number of aromatic nitrogens is 2. The molecule has 27 heavy (non-hydrogen) atoms. The number of carbonyl (C=O) groups excluding carboxylic acids is 2. The van der Waals surface area contributed by atoms with Crippen molar-refractivity contribution >= 4 is 40.2 Å². The van der Waals surface area contributed by atoms with Gasteiger partial charge < -0.3 is 10.6 Å². The summed E-state index contributed by atoms with van der Waals surface area (Å²) in [5.41, 5.74) is 0.924. The van der Waals surface area contributed by atoms with Gasteiger partial charge in [0.15, 0.2) is 4.34 Å². The molecule has 0 radical (unpaired) electrons. The summed E-state index contributed by atoms with van der Waals surface area (Å²) in [6.07, 6.45) is 4.16. The van der Waals surface area contributed by atoms with Gasteiger partial charge in [0.1, 0.15) is 5.82 Å². The van der Waals surface area contributed by atoms with Gasteiger partial charge in [0.2, 0.25) is 11.0 Å². The second kappa shape index (κ2) is 9.65. The standard InChI is InChI=1S/C17H20FN5O2S2/c18-12-7-5-11(6-8-12)9-19-16-22-23-17(27-16)26-10-14(24)21-15(25)20-13-3-1-2-4-13/h5-8,13H,1-4,9-10H2,(H,19,22)(H2,20,21,24,25). The van der Waals surface area contributed by atoms with Crippen LogP contribution in [-0.4, -0.2) is 33.9 Å². The molecule has 1 aliphatic carbocycles. The average Bonchev–Trinajstić information content (AvgIpc) is 3.31. The Hall–Kier alpha value is -2.20. The SMILES string of the molecule is O=C(CSc1nnc(NCc2ccc(F)cc2)s1)NC(=O)NC1CCCC1. The molecule has 3 rings (SSSR count). The number of imide groups is 1. The summed E-state index contributed by atoms with van der Waals surface area (Å²) in [5, 5.41) is 16.9. The molecule has 1 fully saturated rings. The number of amides is 3. The van der Waals surface area contributed by atoms with Crippen LogP contribution in [0.3, 0.4) is 0 Å². The van der Waals surface area contributed by atoms with Crippen molar-refractivity contribution in [1.82, 2.24) is 20.8 Å². The van der Waals surface area contributed by atoms with Crippen molar-refractivity contribution in [2.24, 2.45) is 0 Å². The Morgan fingerprint density at radius 2 is 1.93 bits per heavy atom. The summed E-state index contributed by atoms with van der Waals surface area (Å²) in [6, 6.07) is 5.93. The monoisotopic (exact) mass is 409 g/mol. The lowest BCUT2D eigenvalue weighted by Crippen LogP contribution is -2.44. The van der Waals surface area contributed by atoms with Crippen LogP contribution in [0, 0.1) is 5.82 Å². The Morgan fingerprint density at radius 3 is 2.67 bits per heavy atom. The number of hydrogen-bond donors (Lipinski definition) is 3. The summed E-state index contributed by atoms with van der Waals surface area (Å²) in [5.74, 6) is -0.555. The Labute approximate surface area is 164 Å². The number of benzene rings is 1. The zero-order valence-electron chi connectivity index (χ0n) is 14.5. The Morgan fingerprint density at radius 1 is 1.19 bits per heavy atom. The number of nitrogens with one attached hydrogen (secondary N) is 3. The predicted octanol–water partition coefficient (Wildman–Crippen LogP) is 3.15. The van der Waals surface area contributed by atoms with Crippen molar-refractivity contribution in [1.29, 1.82) is 0 Å². The zero-order valence-corrected chi connectivity index (χ0v) is 16.2. The van der Waals surface area contributed by atoms with Gasteiger partial charge in [0.25, 0.3) is 0 Å². The third kappa shape index (κ3) is 6.47. The lowest BCUT2D eigenvalue weighted by atomic mass is 10.2. The molecule has 0 atom stereocenters. The molecule has 144 valence electrons. The molecule has 10 heteroatoms. The van der Waals surface area contributed by atoms with Crippen LogP contribution in [0.25, 0.3) is 0 Å². The highest BCUT2D eigenvalue weighted by molar-refractivity contribution is 8.01. The minimum atomic E-state index is -0.439. The maximum absolute atomic E-state index is 12.9. The molecular weight excluding hydrogens is 389 g/mol. The molecule has 1 aliphatic rings. The quantitative estimate of drug-likeness (QED) is 0.608. The van der Waals surface area contributed by atoms with Gasteiger partial charge in [-0.05, 0) is 30.5 Å². The van der Waals surface area contributed by atoms with Gasteiger partial charge in [0.05, 0.1) is 5.75 Å². The van der Waals surface area contributed by atoms with Gasteiger partial charge in [-0.3, -0.25) is 10.1 Å². The molecule has 1 aromatic heterocycles. The van der Waals surface area contributed by atoms with E-state index < -0.39 is 6.03 Å². The maximum atomic E-state index is 12.9. The van der Waals surface area contributed by atoms with E-state index in [1.165, 1.54) is 35.2 Å². The van der Waals surface area contributed by atoms with Crippen molar-refractivity contribution in [2.75, 3.05) is 11.1 Å². The van der Waals surface area contributed by atoms with E-state index >= 15 is 0 Å². The molecule has 0 saturated heterocycles. The fourth-order valence-corrected chi connectivity index (χ4v) is 4.25. The molecule has 3 N–H and O–H groups in total. The second-order valence-corrected chi connectivity index (χ2v) is 8.34. The Bertz CT molecular complexity index is 778. The minimum absolute atomic E-state index is 0.0880. The molecule has 0 unspecified atom stereocenters. The number of nitrogens with zero attached hydrogens (tertiary/aromatic N) is 2. The molecular formula is C17H20FN5O2S2. The largest absolute Gasteiger partial charge is 0.356 e. The summed E-state index contributed by atoms with van der Waals surface area (Å²) < 4.78 is 13.5. The van der Waals surface area contributed by atoms with Crippen molar-refractivity contribution in [3.63, 3.8) is 0 Å². The Balaban J connectivity index is 1.37. The van der Waals surface area contributed by atoms with E-state index in [0.717, 1.165) is 31.2 Å². The van der Waals surface area contributed by atoms with Gasteiger partial charge in [-0.2, -0.15) is 0 Å². The summed E-state index contributed by atoms with van der Waals surface area (Å²) >= 11 is 2.54. The van der Waals surface area contributed by atoms with Crippen molar-refractivity contribution in [3.8, 4) is 0 Å². The highest BCUT2D eigenvalue weighted by Gasteiger charge is 2.18. The summed E-state index contributed by atoms with van der Waals surface area (Å²) in [7, 11) is 0. The average molecular weight is 410 g/mol. The fourth-order valence-electron chi connectivity index (χ4n) is 2.70. The fraction of sp³-hybridized carbons (Fsp3) is 0.412. The molecule has 1 aromatic carbocycles. The lowest BCUT2D eigenvalue weighted by molar-refractivity contribution is -0.117. The number of thioether (sulfide) groups is 1. The van der Waals surface area contributed by atoms with Crippen LogP contribution in [-0.2, 0) is 11.3 Å². The molecule has 1 saturated carbocycles. The van der Waals surface area contributed by atoms with Crippen LogP contribution < -0.4 is 16.0 Å². The van der Waals surface area contributed by atoms with Crippen LogP contribution in [0.2, 0.25) is 0 Å². The molecule has 1 heterocycles. The van der Waals surface area contributed by atoms with E-state index in [-0.39, 0.29) is 23.5 Å². The third-order valence-corrected chi connectivity index (χ3v) is 6.05. The molecule has 0 aliphatic heterocycles. The van der Waals surface area contributed by atoms with E-state index in [9.17, 15) is 14.0 Å². The van der Waals surface area contributed by atoms with Crippen LogP contribution in [0.1, 0.15) is 31.2 Å². The molecule has 7 nitrogen and oxygen atoms in total. The van der Waals surface area contributed by atoms with Crippen LogP contribution >= 0.6 is 23.1 Å². The lowest BCUT2D eigenvalue weighted by Gasteiger charge is -2.11.